The van der Waals surface area contributed by atoms with E-state index in [2.05, 4.69) is 108 Å². The number of nitrogens with one attached hydrogen (secondary N) is 4. The molecule has 1 aliphatic rings. The lowest BCUT2D eigenvalue weighted by molar-refractivity contribution is 0.417. The summed E-state index contributed by atoms with van der Waals surface area (Å²) in [5.41, 5.74) is 13.6. The molecule has 0 bridgehead atoms. The van der Waals surface area contributed by atoms with Crippen LogP contribution in [0.1, 0.15) is 23.8 Å². The minimum absolute atomic E-state index is 0.602. The zero-order valence-corrected chi connectivity index (χ0v) is 55.7. The maximum atomic E-state index is 5.38. The summed E-state index contributed by atoms with van der Waals surface area (Å²) in [6, 6.07) is 27.6. The molecule has 0 saturated heterocycles. The van der Waals surface area contributed by atoms with Gasteiger partial charge in [-0.15, -0.1) is 10.2 Å². The van der Waals surface area contributed by atoms with Crippen LogP contribution in [0.2, 0.25) is 0 Å². The van der Waals surface area contributed by atoms with E-state index in [1.165, 1.54) is 12.8 Å². The molecule has 0 atom stereocenters. The molecule has 0 radical (unpaired) electrons. The molecule has 0 aliphatic heterocycles. The number of fused-ring (bicyclic) bond motifs is 5. The van der Waals surface area contributed by atoms with Crippen molar-refractivity contribution in [1.29, 1.82) is 0 Å². The molecular formula is C68H59N29OS2. The SMILES string of the molecule is COc1ccccc1Nc1nccn2c(-c3cnn(C)c3)cnc12.Cn1cc(-c2cnc3c(Nc4ccnn4-c4ccccc4)nccn23)cn1.Cn1cc(-c2cnc3c(Nc4nc5ccccc5s4)nccn23)cn1.Cn1cc(-c2cnc3c(Nc4nnc(C5CC5)s4)nccn23)cn1. The molecule has 15 heterocycles. The van der Waals surface area contributed by atoms with Gasteiger partial charge in [-0.05, 0) is 49.2 Å². The second-order valence-corrected chi connectivity index (χ2v) is 25.0. The van der Waals surface area contributed by atoms with Gasteiger partial charge in [0.2, 0.25) is 5.13 Å². The van der Waals surface area contributed by atoms with Crippen LogP contribution in [0, 0.1) is 0 Å². The second kappa shape index (κ2) is 26.7. The van der Waals surface area contributed by atoms with Gasteiger partial charge in [0.15, 0.2) is 51.0 Å². The van der Waals surface area contributed by atoms with Gasteiger partial charge >= 0.3 is 0 Å². The fraction of sp³-hybridized carbons (Fsp3) is 0.118. The summed E-state index contributed by atoms with van der Waals surface area (Å²) in [6.45, 7) is 0. The van der Waals surface area contributed by atoms with Crippen molar-refractivity contribution in [2.45, 2.75) is 18.8 Å². The third-order valence-corrected chi connectivity index (χ3v) is 18.0. The number of aryl methyl sites for hydroxylation is 4. The van der Waals surface area contributed by atoms with E-state index in [4.69, 9.17) is 4.74 Å². The molecule has 18 aromatic rings. The fourth-order valence-electron chi connectivity index (χ4n) is 11.2. The zero-order chi connectivity index (χ0) is 67.6. The molecule has 494 valence electrons. The van der Waals surface area contributed by atoms with Crippen LogP contribution >= 0.6 is 22.7 Å². The van der Waals surface area contributed by atoms with Gasteiger partial charge in [-0.2, -0.15) is 25.5 Å². The number of anilines is 8. The predicted molar refractivity (Wildman–Crippen MR) is 382 cm³/mol. The summed E-state index contributed by atoms with van der Waals surface area (Å²) in [5, 5.41) is 45.6. The van der Waals surface area contributed by atoms with Gasteiger partial charge in [-0.25, -0.2) is 49.5 Å². The Balaban J connectivity index is 0.000000104. The van der Waals surface area contributed by atoms with Crippen LogP contribution in [0.5, 0.6) is 5.75 Å². The molecule has 100 heavy (non-hydrogen) atoms. The van der Waals surface area contributed by atoms with Crippen molar-refractivity contribution in [3.8, 4) is 56.5 Å². The molecule has 32 heteroatoms. The molecule has 15 aromatic heterocycles. The van der Waals surface area contributed by atoms with E-state index in [0.717, 1.165) is 116 Å². The van der Waals surface area contributed by atoms with E-state index in [0.29, 0.717) is 29.2 Å². The van der Waals surface area contributed by atoms with Gasteiger partial charge in [-0.3, -0.25) is 36.3 Å². The highest BCUT2D eigenvalue weighted by atomic mass is 32.1. The second-order valence-electron chi connectivity index (χ2n) is 22.9. The molecule has 0 spiro atoms. The maximum Gasteiger partial charge on any atom is 0.211 e. The quantitative estimate of drug-likeness (QED) is 0.0741. The molecule has 1 aliphatic carbocycles. The van der Waals surface area contributed by atoms with E-state index in [9.17, 15) is 0 Å². The first-order valence-electron chi connectivity index (χ1n) is 31.3. The van der Waals surface area contributed by atoms with Crippen molar-refractivity contribution in [3.05, 3.63) is 220 Å². The fourth-order valence-corrected chi connectivity index (χ4v) is 13.0. The normalized spacial score (nSPS) is 11.9. The van der Waals surface area contributed by atoms with Crippen LogP contribution < -0.4 is 26.0 Å². The first-order valence-corrected chi connectivity index (χ1v) is 33.0. The van der Waals surface area contributed by atoms with Crippen LogP contribution in [-0.2, 0) is 28.2 Å². The average molecular weight is 1360 g/mol. The molecule has 3 aromatic carbocycles. The summed E-state index contributed by atoms with van der Waals surface area (Å²) in [7, 11) is 9.22. The van der Waals surface area contributed by atoms with Crippen molar-refractivity contribution in [3.63, 3.8) is 0 Å². The molecule has 0 amide bonds. The summed E-state index contributed by atoms with van der Waals surface area (Å²) < 4.78 is 23.4. The van der Waals surface area contributed by atoms with Crippen LogP contribution in [0.25, 0.3) is 83.5 Å². The highest BCUT2D eigenvalue weighted by Crippen LogP contribution is 2.43. The Morgan fingerprint density at radius 1 is 0.420 bits per heavy atom. The van der Waals surface area contributed by atoms with E-state index >= 15 is 0 Å². The molecule has 19 rings (SSSR count). The minimum Gasteiger partial charge on any atom is -0.495 e. The van der Waals surface area contributed by atoms with E-state index in [1.54, 1.807) is 79.5 Å². The van der Waals surface area contributed by atoms with E-state index in [1.807, 2.05) is 228 Å². The lowest BCUT2D eigenvalue weighted by Crippen LogP contribution is -2.04. The van der Waals surface area contributed by atoms with Crippen molar-refractivity contribution in [2.75, 3.05) is 28.4 Å². The number of thiazole rings is 1. The third-order valence-electron chi connectivity index (χ3n) is 16.1. The highest BCUT2D eigenvalue weighted by Gasteiger charge is 2.28. The number of nitrogens with zero attached hydrogens (tertiary/aromatic N) is 25. The van der Waals surface area contributed by atoms with Gasteiger partial charge in [0.1, 0.15) is 16.6 Å². The monoisotopic (exact) mass is 1360 g/mol. The number of aromatic nitrogens is 25. The molecule has 30 nitrogen and oxygen atoms in total. The van der Waals surface area contributed by atoms with Crippen molar-refractivity contribution in [2.24, 2.45) is 28.2 Å². The number of methoxy groups -OCH3 is 1. The minimum atomic E-state index is 0.602. The largest absolute Gasteiger partial charge is 0.495 e. The Morgan fingerprint density at radius 3 is 1.34 bits per heavy atom. The number of benzene rings is 3. The lowest BCUT2D eigenvalue weighted by atomic mass is 10.3. The lowest BCUT2D eigenvalue weighted by Gasteiger charge is -2.11. The predicted octanol–water partition coefficient (Wildman–Crippen LogP) is 12.0. The van der Waals surface area contributed by atoms with Crippen LogP contribution in [-0.4, -0.2) is 129 Å². The van der Waals surface area contributed by atoms with E-state index < -0.39 is 0 Å². The molecular weight excluding hydrogens is 1300 g/mol. The van der Waals surface area contributed by atoms with Crippen LogP contribution in [0.3, 0.4) is 0 Å². The number of rotatable bonds is 15. The first-order chi connectivity index (χ1) is 49.1. The number of imidazole rings is 4. The van der Waals surface area contributed by atoms with Gasteiger partial charge < -0.3 is 26.0 Å². The maximum absolute atomic E-state index is 5.38. The summed E-state index contributed by atoms with van der Waals surface area (Å²) >= 11 is 3.18. The van der Waals surface area contributed by atoms with Crippen LogP contribution in [0.15, 0.2) is 215 Å². The Hall–Kier alpha value is -13.4. The third kappa shape index (κ3) is 12.6. The molecule has 0 unspecified atom stereocenters. The van der Waals surface area contributed by atoms with E-state index in [-0.39, 0.29) is 0 Å². The Bertz CT molecular complexity index is 5840. The topological polar surface area (TPSA) is 306 Å². The summed E-state index contributed by atoms with van der Waals surface area (Å²) in [4.78, 5) is 40.5. The Labute approximate surface area is 575 Å². The smallest absolute Gasteiger partial charge is 0.211 e. The van der Waals surface area contributed by atoms with Gasteiger partial charge in [0.25, 0.3) is 0 Å². The Kier molecular flexibility index (Phi) is 16.4. The number of hydrogen-bond donors (Lipinski definition) is 4. The molecule has 4 N–H and O–H groups in total. The van der Waals surface area contributed by atoms with Crippen molar-refractivity contribution in [1.82, 2.24) is 122 Å². The molecule has 1 fully saturated rings. The van der Waals surface area contributed by atoms with Gasteiger partial charge in [-0.1, -0.05) is 65.1 Å². The molecule has 1 saturated carbocycles. The highest BCUT2D eigenvalue weighted by molar-refractivity contribution is 7.22. The van der Waals surface area contributed by atoms with Crippen molar-refractivity contribution >= 4 is 101 Å². The zero-order valence-electron chi connectivity index (χ0n) is 54.1. The van der Waals surface area contributed by atoms with Gasteiger partial charge in [0, 0.05) is 137 Å². The number of para-hydroxylation sites is 4. The average Bonchev–Trinajstić information content (AvgIpc) is 1.65. The van der Waals surface area contributed by atoms with Gasteiger partial charge in [0.05, 0.1) is 107 Å². The standard InChI is InChI=1S/C19H16N8.C17H13N7S.C17H16N6O.C15H14N8S/c1-25-13-14(11-23-25)16-12-21-19-18(20-9-10-26(16)19)24-17-7-8-22-27(17)15-5-3-2-4-6-15;1-23-10-11(8-20-23)13-9-19-16-15(18-6-7-24(13)16)22-17-21-12-4-2-3-5-14(12)25-17;1-22-11-12(9-20-22)14-10-19-17-16(18-7-8-23(14)17)21-13-5-3-4-6-15(13)24-2;1-22-8-10(6-18-22)11-7-17-13-12(16-4-5-23(11)13)19-15-21-20-14(24-15)9-2-3-9/h2-13H,1H3,(H,20,24);2-10H,1H3,(H,18,21,22);3-11H,1-2H3,(H,18,21);4-9H,2-3H2,1H3,(H,16,19,21). The number of hydrogen-bond acceptors (Lipinski definition) is 23. The number of ether oxygens (including phenoxy) is 1. The van der Waals surface area contributed by atoms with Crippen LogP contribution in [0.4, 0.5) is 45.0 Å². The summed E-state index contributed by atoms with van der Waals surface area (Å²) in [6.07, 6.45) is 41.2. The Morgan fingerprint density at radius 2 is 0.870 bits per heavy atom. The van der Waals surface area contributed by atoms with Crippen molar-refractivity contribution < 1.29 is 4.74 Å². The first kappa shape index (κ1) is 61.5. The summed E-state index contributed by atoms with van der Waals surface area (Å²) in [5.74, 6) is 4.84.